The summed E-state index contributed by atoms with van der Waals surface area (Å²) >= 11 is 0. The van der Waals surface area contributed by atoms with Crippen LogP contribution in [0, 0.1) is 5.41 Å². The lowest BCUT2D eigenvalue weighted by Crippen LogP contribution is -2.54. The molecule has 0 radical (unpaired) electrons. The van der Waals surface area contributed by atoms with Crippen LogP contribution in [-0.4, -0.2) is 72.7 Å². The lowest BCUT2D eigenvalue weighted by molar-refractivity contribution is -0.142. The second-order valence-electron chi connectivity index (χ2n) is 7.24. The van der Waals surface area contributed by atoms with Gasteiger partial charge >= 0.3 is 16.4 Å². The van der Waals surface area contributed by atoms with E-state index in [2.05, 4.69) is 15.1 Å². The molecule has 3 aliphatic rings. The Hall–Kier alpha value is -1.47. The first-order valence-electron chi connectivity index (χ1n) is 7.93. The SMILES string of the molecule is CNC1CC1ONC(=O)[C@@H]1CC(C)(C)[C@@H]2CN1C(=O)N2OS(=O)(=O)O. The van der Waals surface area contributed by atoms with Crippen LogP contribution in [0.3, 0.4) is 0 Å². The first-order chi connectivity index (χ1) is 11.5. The van der Waals surface area contributed by atoms with Crippen molar-refractivity contribution in [2.75, 3.05) is 13.6 Å². The number of hydrogen-bond acceptors (Lipinski definition) is 7. The van der Waals surface area contributed by atoms with Crippen molar-refractivity contribution in [1.29, 1.82) is 0 Å². The lowest BCUT2D eigenvalue weighted by atomic mass is 9.76. The van der Waals surface area contributed by atoms with Gasteiger partial charge in [0.15, 0.2) is 0 Å². The summed E-state index contributed by atoms with van der Waals surface area (Å²) in [5.41, 5.74) is 1.77. The molecule has 2 bridgehead atoms. The third-order valence-electron chi connectivity index (χ3n) is 4.98. The first kappa shape index (κ1) is 18.3. The Morgan fingerprint density at radius 1 is 1.40 bits per heavy atom. The van der Waals surface area contributed by atoms with Crippen molar-refractivity contribution >= 4 is 22.3 Å². The Bertz CT molecular complexity index is 682. The topological polar surface area (TPSA) is 138 Å². The summed E-state index contributed by atoms with van der Waals surface area (Å²) in [7, 11) is -3.05. The molecule has 1 aliphatic carbocycles. The van der Waals surface area contributed by atoms with E-state index in [0.717, 1.165) is 6.42 Å². The summed E-state index contributed by atoms with van der Waals surface area (Å²) in [4.78, 5) is 31.4. The van der Waals surface area contributed by atoms with Crippen LogP contribution in [0.25, 0.3) is 0 Å². The number of hydrogen-bond donors (Lipinski definition) is 3. The number of nitrogens with one attached hydrogen (secondary N) is 2. The van der Waals surface area contributed by atoms with Crippen molar-refractivity contribution in [3.63, 3.8) is 0 Å². The fourth-order valence-electron chi connectivity index (χ4n) is 3.40. The van der Waals surface area contributed by atoms with E-state index in [1.54, 1.807) is 20.9 Å². The predicted molar refractivity (Wildman–Crippen MR) is 83.0 cm³/mol. The van der Waals surface area contributed by atoms with Crippen molar-refractivity contribution in [1.82, 2.24) is 20.8 Å². The Morgan fingerprint density at radius 3 is 2.64 bits per heavy atom. The summed E-state index contributed by atoms with van der Waals surface area (Å²) in [5, 5.41) is 3.65. The number of carbonyl (C=O) groups excluding carboxylic acids is 2. The molecule has 2 saturated heterocycles. The van der Waals surface area contributed by atoms with Crippen LogP contribution in [0.5, 0.6) is 0 Å². The Kier molecular flexibility index (Phi) is 4.44. The number of urea groups is 1. The Balaban J connectivity index is 1.71. The van der Waals surface area contributed by atoms with Crippen LogP contribution in [0.4, 0.5) is 4.79 Å². The van der Waals surface area contributed by atoms with Gasteiger partial charge in [0, 0.05) is 12.6 Å². The molecule has 25 heavy (non-hydrogen) atoms. The minimum atomic E-state index is -4.84. The van der Waals surface area contributed by atoms with Gasteiger partial charge in [0.25, 0.3) is 5.91 Å². The van der Waals surface area contributed by atoms with Gasteiger partial charge in [0.05, 0.1) is 6.04 Å². The van der Waals surface area contributed by atoms with Crippen LogP contribution < -0.4 is 10.8 Å². The minimum absolute atomic E-state index is 0.105. The quantitative estimate of drug-likeness (QED) is 0.397. The normalized spacial score (nSPS) is 33.5. The highest BCUT2D eigenvalue weighted by Crippen LogP contribution is 2.42. The largest absolute Gasteiger partial charge is 0.418 e. The van der Waals surface area contributed by atoms with Crippen molar-refractivity contribution in [2.45, 2.75) is 50.9 Å². The van der Waals surface area contributed by atoms with Crippen molar-refractivity contribution in [3.8, 4) is 0 Å². The number of rotatable bonds is 6. The molecule has 2 unspecified atom stereocenters. The number of nitrogens with zero attached hydrogens (tertiary/aromatic N) is 2. The second-order valence-corrected chi connectivity index (χ2v) is 8.25. The molecule has 3 N–H and O–H groups in total. The van der Waals surface area contributed by atoms with Gasteiger partial charge in [-0.25, -0.2) is 10.3 Å². The van der Waals surface area contributed by atoms with Gasteiger partial charge in [-0.3, -0.25) is 14.2 Å². The maximum absolute atomic E-state index is 12.5. The first-order valence-corrected chi connectivity index (χ1v) is 9.29. The number of likely N-dealkylation sites (N-methyl/N-ethyl adjacent to an activating group) is 1. The molecule has 0 aromatic carbocycles. The zero-order valence-corrected chi connectivity index (χ0v) is 14.9. The van der Waals surface area contributed by atoms with E-state index in [1.807, 2.05) is 0 Å². The third-order valence-corrected chi connectivity index (χ3v) is 5.32. The molecule has 0 aromatic rings. The molecule has 4 atom stereocenters. The molecular formula is C13H22N4O7S. The molecule has 0 spiro atoms. The highest BCUT2D eigenvalue weighted by molar-refractivity contribution is 7.80. The standard InChI is InChI=1S/C13H22N4O7S/c1-13(2)5-8(11(18)15-23-9-4-7(9)14-3)16-6-10(13)17(12(16)19)24-25(20,21)22/h7-10,14H,4-6H2,1-3H3,(H,15,18)(H,20,21,22)/t7?,8-,9?,10-/m0/s1. The fourth-order valence-corrected chi connectivity index (χ4v) is 3.77. The fraction of sp³-hybridized carbons (Fsp3) is 0.846. The number of piperidine rings is 1. The van der Waals surface area contributed by atoms with E-state index in [4.69, 9.17) is 9.39 Å². The van der Waals surface area contributed by atoms with Gasteiger partial charge in [-0.2, -0.15) is 13.5 Å². The van der Waals surface area contributed by atoms with E-state index in [-0.39, 0.29) is 18.7 Å². The summed E-state index contributed by atoms with van der Waals surface area (Å²) in [6, 6.07) is -2.02. The van der Waals surface area contributed by atoms with Gasteiger partial charge < -0.3 is 10.2 Å². The second kappa shape index (κ2) is 6.06. The van der Waals surface area contributed by atoms with E-state index in [9.17, 15) is 18.0 Å². The van der Waals surface area contributed by atoms with E-state index in [1.165, 1.54) is 4.90 Å². The summed E-state index contributed by atoms with van der Waals surface area (Å²) < 4.78 is 35.3. The summed E-state index contributed by atoms with van der Waals surface area (Å²) in [6.07, 6.45) is 0.976. The van der Waals surface area contributed by atoms with Crippen LogP contribution in [-0.2, 0) is 24.3 Å². The number of hydroxylamine groups is 3. The Morgan fingerprint density at radius 2 is 2.08 bits per heavy atom. The van der Waals surface area contributed by atoms with Crippen molar-refractivity contribution < 1.29 is 31.7 Å². The zero-order valence-electron chi connectivity index (χ0n) is 14.1. The van der Waals surface area contributed by atoms with Crippen LogP contribution in [0.1, 0.15) is 26.7 Å². The van der Waals surface area contributed by atoms with Gasteiger partial charge in [0.1, 0.15) is 12.1 Å². The highest BCUT2D eigenvalue weighted by Gasteiger charge is 2.57. The molecule has 2 heterocycles. The molecule has 2 aliphatic heterocycles. The third kappa shape index (κ3) is 3.58. The highest BCUT2D eigenvalue weighted by atomic mass is 32.3. The van der Waals surface area contributed by atoms with Crippen LogP contribution >= 0.6 is 0 Å². The minimum Gasteiger partial charge on any atom is -0.314 e. The van der Waals surface area contributed by atoms with Gasteiger partial charge in [-0.05, 0) is 25.3 Å². The Labute approximate surface area is 145 Å². The summed E-state index contributed by atoms with van der Waals surface area (Å²) in [6.45, 7) is 3.71. The van der Waals surface area contributed by atoms with E-state index >= 15 is 0 Å². The smallest absolute Gasteiger partial charge is 0.314 e. The molecule has 11 nitrogen and oxygen atoms in total. The maximum atomic E-state index is 12.5. The molecule has 3 amide bonds. The molecule has 3 rings (SSSR count). The molecule has 12 heteroatoms. The maximum Gasteiger partial charge on any atom is 0.418 e. The van der Waals surface area contributed by atoms with E-state index in [0.29, 0.717) is 11.5 Å². The van der Waals surface area contributed by atoms with Gasteiger partial charge in [0.2, 0.25) is 0 Å². The lowest BCUT2D eigenvalue weighted by Gasteiger charge is -2.40. The van der Waals surface area contributed by atoms with Crippen LogP contribution in [0.15, 0.2) is 0 Å². The summed E-state index contributed by atoms with van der Waals surface area (Å²) in [5.74, 6) is -0.477. The van der Waals surface area contributed by atoms with Crippen molar-refractivity contribution in [2.24, 2.45) is 5.41 Å². The van der Waals surface area contributed by atoms with Crippen LogP contribution in [0.2, 0.25) is 0 Å². The molecule has 142 valence electrons. The average Bonchev–Trinajstić information content (AvgIpc) is 3.20. The average molecular weight is 378 g/mol. The van der Waals surface area contributed by atoms with Gasteiger partial charge in [-0.1, -0.05) is 13.8 Å². The molecule has 3 fully saturated rings. The zero-order chi connectivity index (χ0) is 18.6. The van der Waals surface area contributed by atoms with Gasteiger partial charge in [-0.15, -0.1) is 4.28 Å². The van der Waals surface area contributed by atoms with Crippen molar-refractivity contribution in [3.05, 3.63) is 0 Å². The predicted octanol–water partition coefficient (Wildman–Crippen LogP) is -0.966. The van der Waals surface area contributed by atoms with E-state index < -0.39 is 39.8 Å². The monoisotopic (exact) mass is 378 g/mol. The molecular weight excluding hydrogens is 356 g/mol. The number of carbonyl (C=O) groups is 2. The number of amides is 3. The molecule has 1 saturated carbocycles. The number of fused-ring (bicyclic) bond motifs is 2. The molecule has 0 aromatic heterocycles.